The second-order valence-corrected chi connectivity index (χ2v) is 6.73. The first-order valence-electron chi connectivity index (χ1n) is 6.45. The number of aliphatic hydroxyl groups is 1. The van der Waals surface area contributed by atoms with Crippen molar-refractivity contribution in [3.05, 3.63) is 25.6 Å². The molecule has 1 unspecified atom stereocenters. The van der Waals surface area contributed by atoms with E-state index in [4.69, 9.17) is 0 Å². The molecule has 0 radical (unpaired) electrons. The van der Waals surface area contributed by atoms with Crippen LogP contribution >= 0.6 is 38.5 Å². The molecule has 0 bridgehead atoms. The molecule has 0 amide bonds. The standard InChI is InChI=1S/C13H18BrIN4O/c1-8(11(20)10-7-17-18(3)13(10)15)12(14)19(16-2)9-5-4-6-9/h7,9,11,20H,2,4-6H2,1,3H3/b12-8+. The van der Waals surface area contributed by atoms with Crippen LogP contribution in [0.4, 0.5) is 0 Å². The van der Waals surface area contributed by atoms with Crippen molar-refractivity contribution in [1.82, 2.24) is 14.8 Å². The highest BCUT2D eigenvalue weighted by atomic mass is 127. The molecule has 1 aromatic heterocycles. The van der Waals surface area contributed by atoms with Crippen LogP contribution in [-0.2, 0) is 7.05 Å². The Labute approximate surface area is 141 Å². The van der Waals surface area contributed by atoms with Crippen LogP contribution in [-0.4, -0.2) is 32.7 Å². The van der Waals surface area contributed by atoms with Gasteiger partial charge in [0.15, 0.2) is 0 Å². The van der Waals surface area contributed by atoms with Gasteiger partial charge < -0.3 is 5.11 Å². The summed E-state index contributed by atoms with van der Waals surface area (Å²) in [5.41, 5.74) is 1.62. The summed E-state index contributed by atoms with van der Waals surface area (Å²) < 4.78 is 3.47. The fourth-order valence-corrected chi connectivity index (χ4v) is 3.30. The summed E-state index contributed by atoms with van der Waals surface area (Å²) in [5, 5.41) is 20.6. The Morgan fingerprint density at radius 3 is 2.75 bits per heavy atom. The Hall–Kier alpha value is -0.410. The van der Waals surface area contributed by atoms with Gasteiger partial charge in [0.05, 0.1) is 12.2 Å². The summed E-state index contributed by atoms with van der Waals surface area (Å²) >= 11 is 5.74. The van der Waals surface area contributed by atoms with Crippen LogP contribution in [0.3, 0.4) is 0 Å². The molecule has 110 valence electrons. The van der Waals surface area contributed by atoms with Gasteiger partial charge in [-0.25, -0.2) is 0 Å². The fraction of sp³-hybridized carbons (Fsp3) is 0.538. The van der Waals surface area contributed by atoms with Gasteiger partial charge in [0.1, 0.15) is 14.4 Å². The number of hydrogen-bond donors (Lipinski definition) is 1. The Morgan fingerprint density at radius 2 is 2.35 bits per heavy atom. The number of hydrogen-bond acceptors (Lipinski definition) is 4. The summed E-state index contributed by atoms with van der Waals surface area (Å²) in [4.78, 5) is 0. The monoisotopic (exact) mass is 452 g/mol. The van der Waals surface area contributed by atoms with E-state index in [1.807, 2.05) is 19.0 Å². The SMILES string of the molecule is C=NN(/C(Br)=C(\C)C(O)c1cnn(C)c1I)C1CCC1. The molecule has 1 saturated carbocycles. The second-order valence-electron chi connectivity index (χ2n) is 4.96. The molecule has 20 heavy (non-hydrogen) atoms. The minimum absolute atomic E-state index is 0.386. The van der Waals surface area contributed by atoms with E-state index in [2.05, 4.69) is 55.4 Å². The van der Waals surface area contributed by atoms with Crippen LogP contribution < -0.4 is 0 Å². The van der Waals surface area contributed by atoms with Gasteiger partial charge in [-0.1, -0.05) is 0 Å². The molecule has 1 N–H and O–H groups in total. The predicted octanol–water partition coefficient (Wildman–Crippen LogP) is 3.15. The third kappa shape index (κ3) is 2.94. The first-order valence-corrected chi connectivity index (χ1v) is 8.32. The first-order chi connectivity index (χ1) is 9.47. The van der Waals surface area contributed by atoms with E-state index in [0.29, 0.717) is 6.04 Å². The summed E-state index contributed by atoms with van der Waals surface area (Å²) in [6, 6.07) is 0.386. The fourth-order valence-electron chi connectivity index (χ4n) is 2.12. The molecule has 1 atom stereocenters. The van der Waals surface area contributed by atoms with E-state index in [0.717, 1.165) is 32.3 Å². The van der Waals surface area contributed by atoms with Gasteiger partial charge in [0.2, 0.25) is 0 Å². The highest BCUT2D eigenvalue weighted by Gasteiger charge is 2.28. The van der Waals surface area contributed by atoms with Crippen LogP contribution in [0.1, 0.15) is 37.9 Å². The van der Waals surface area contributed by atoms with Gasteiger partial charge in [0, 0.05) is 19.3 Å². The maximum absolute atomic E-state index is 10.5. The summed E-state index contributed by atoms with van der Waals surface area (Å²) in [6.45, 7) is 5.53. The molecule has 1 aliphatic carbocycles. The van der Waals surface area contributed by atoms with Crippen LogP contribution in [0.25, 0.3) is 0 Å². The van der Waals surface area contributed by atoms with Gasteiger partial charge >= 0.3 is 0 Å². The second kappa shape index (κ2) is 6.57. The highest BCUT2D eigenvalue weighted by molar-refractivity contribution is 14.1. The van der Waals surface area contributed by atoms with Crippen LogP contribution in [0.2, 0.25) is 0 Å². The zero-order chi connectivity index (χ0) is 14.9. The minimum atomic E-state index is -0.700. The Kier molecular flexibility index (Phi) is 5.25. The molecule has 0 saturated heterocycles. The molecular weight excluding hydrogens is 435 g/mol. The summed E-state index contributed by atoms with van der Waals surface area (Å²) in [7, 11) is 1.86. The van der Waals surface area contributed by atoms with Crippen LogP contribution in [0, 0.1) is 3.70 Å². The molecule has 1 fully saturated rings. The summed E-state index contributed by atoms with van der Waals surface area (Å²) in [6.07, 6.45) is 4.45. The van der Waals surface area contributed by atoms with E-state index in [1.54, 1.807) is 10.9 Å². The van der Waals surface area contributed by atoms with Crippen molar-refractivity contribution in [2.45, 2.75) is 38.3 Å². The maximum Gasteiger partial charge on any atom is 0.107 e. The topological polar surface area (TPSA) is 53.6 Å². The molecule has 0 aliphatic heterocycles. The zero-order valence-corrected chi connectivity index (χ0v) is 15.3. The van der Waals surface area contributed by atoms with Crippen molar-refractivity contribution in [3.63, 3.8) is 0 Å². The Bertz CT molecular complexity index is 538. The normalized spacial score (nSPS) is 18.2. The van der Waals surface area contributed by atoms with Gasteiger partial charge in [-0.3, -0.25) is 9.69 Å². The van der Waals surface area contributed by atoms with Gasteiger partial charge in [-0.05, 0) is 70.3 Å². The molecule has 0 aromatic carbocycles. The minimum Gasteiger partial charge on any atom is -0.384 e. The number of aliphatic hydroxyl groups excluding tert-OH is 1. The zero-order valence-electron chi connectivity index (χ0n) is 11.6. The molecule has 7 heteroatoms. The lowest BCUT2D eigenvalue weighted by Gasteiger charge is -2.35. The lowest BCUT2D eigenvalue weighted by Crippen LogP contribution is -2.35. The van der Waals surface area contributed by atoms with Crippen molar-refractivity contribution in [2.24, 2.45) is 12.1 Å². The van der Waals surface area contributed by atoms with E-state index in [9.17, 15) is 5.11 Å². The molecule has 1 heterocycles. The third-order valence-corrected chi connectivity index (χ3v) is 6.01. The number of aromatic nitrogens is 2. The Morgan fingerprint density at radius 1 is 1.70 bits per heavy atom. The largest absolute Gasteiger partial charge is 0.384 e. The van der Waals surface area contributed by atoms with Crippen molar-refractivity contribution >= 4 is 45.2 Å². The van der Waals surface area contributed by atoms with E-state index >= 15 is 0 Å². The van der Waals surface area contributed by atoms with E-state index in [-0.39, 0.29) is 0 Å². The van der Waals surface area contributed by atoms with Gasteiger partial charge in [-0.2, -0.15) is 10.2 Å². The van der Waals surface area contributed by atoms with E-state index in [1.165, 1.54) is 6.42 Å². The number of nitrogens with zero attached hydrogens (tertiary/aromatic N) is 4. The molecular formula is C13H18BrIN4O. The molecule has 5 nitrogen and oxygen atoms in total. The molecule has 1 aromatic rings. The lowest BCUT2D eigenvalue weighted by atomic mass is 9.92. The van der Waals surface area contributed by atoms with Crippen LogP contribution in [0.5, 0.6) is 0 Å². The maximum atomic E-state index is 10.5. The Balaban J connectivity index is 2.27. The van der Waals surface area contributed by atoms with Crippen LogP contribution in [0.15, 0.2) is 21.5 Å². The smallest absolute Gasteiger partial charge is 0.107 e. The summed E-state index contributed by atoms with van der Waals surface area (Å²) in [5.74, 6) is 0. The quantitative estimate of drug-likeness (QED) is 0.323. The number of rotatable bonds is 5. The average molecular weight is 453 g/mol. The molecule has 0 spiro atoms. The van der Waals surface area contributed by atoms with Gasteiger partial charge in [0.25, 0.3) is 0 Å². The number of hydrazone groups is 1. The van der Waals surface area contributed by atoms with Gasteiger partial charge in [-0.15, -0.1) is 0 Å². The molecule has 1 aliphatic rings. The van der Waals surface area contributed by atoms with Crippen molar-refractivity contribution in [1.29, 1.82) is 0 Å². The average Bonchev–Trinajstić information content (AvgIpc) is 2.71. The first kappa shape index (κ1) is 16.0. The third-order valence-electron chi connectivity index (χ3n) is 3.70. The van der Waals surface area contributed by atoms with Crippen molar-refractivity contribution < 1.29 is 5.11 Å². The highest BCUT2D eigenvalue weighted by Crippen LogP contribution is 2.35. The number of halogens is 2. The number of aryl methyl sites for hydroxylation is 1. The molecule has 2 rings (SSSR count). The van der Waals surface area contributed by atoms with E-state index < -0.39 is 6.10 Å². The lowest BCUT2D eigenvalue weighted by molar-refractivity contribution is 0.174. The van der Waals surface area contributed by atoms with Crippen molar-refractivity contribution in [2.75, 3.05) is 0 Å². The predicted molar refractivity (Wildman–Crippen MR) is 91.5 cm³/mol. The van der Waals surface area contributed by atoms with Crippen molar-refractivity contribution in [3.8, 4) is 0 Å².